The molecule has 12 heteroatoms. The minimum Gasteiger partial charge on any atom is -0.483 e. The van der Waals surface area contributed by atoms with Gasteiger partial charge < -0.3 is 14.8 Å². The molecule has 1 N–H and O–H groups in total. The number of ether oxygens (including phenoxy) is 2. The van der Waals surface area contributed by atoms with Gasteiger partial charge in [-0.2, -0.15) is 13.2 Å². The average molecular weight is 482 g/mol. The van der Waals surface area contributed by atoms with E-state index in [0.29, 0.717) is 0 Å². The molecule has 0 aliphatic heterocycles. The Morgan fingerprint density at radius 3 is 2.68 bits per heavy atom. The van der Waals surface area contributed by atoms with E-state index in [0.717, 1.165) is 7.11 Å². The molecule has 34 heavy (non-hydrogen) atoms. The molecule has 0 aliphatic rings. The largest absolute Gasteiger partial charge is 0.483 e. The van der Waals surface area contributed by atoms with Crippen LogP contribution in [0, 0.1) is 12.7 Å². The summed E-state index contributed by atoms with van der Waals surface area (Å²) in [6.07, 6.45) is -3.12. The number of nitrogens with one attached hydrogen (secondary N) is 1. The molecular weight excluding hydrogens is 460 g/mol. The van der Waals surface area contributed by atoms with Crippen LogP contribution in [-0.4, -0.2) is 45.6 Å². The highest BCUT2D eigenvalue weighted by atomic mass is 19.4. The number of pyridine rings is 2. The first-order valence-corrected chi connectivity index (χ1v) is 10.3. The molecule has 3 heterocycles. The van der Waals surface area contributed by atoms with E-state index in [1.807, 2.05) is 0 Å². The van der Waals surface area contributed by atoms with Gasteiger partial charge >= 0.3 is 12.1 Å². The zero-order chi connectivity index (χ0) is 24.9. The number of esters is 1. The van der Waals surface area contributed by atoms with Gasteiger partial charge in [-0.1, -0.05) is 0 Å². The van der Waals surface area contributed by atoms with Gasteiger partial charge in [0.2, 0.25) is 0 Å². The van der Waals surface area contributed by atoms with Crippen LogP contribution in [0.3, 0.4) is 0 Å². The van der Waals surface area contributed by atoms with E-state index in [2.05, 4.69) is 20.0 Å². The Bertz CT molecular complexity index is 1180. The van der Waals surface area contributed by atoms with Crippen LogP contribution in [-0.2, 0) is 16.1 Å². The number of hydrogen-bond donors (Lipinski definition) is 1. The summed E-state index contributed by atoms with van der Waals surface area (Å²) < 4.78 is 63.0. The number of rotatable bonds is 9. The van der Waals surface area contributed by atoms with E-state index in [-0.39, 0.29) is 47.9 Å². The number of imidazole rings is 1. The molecule has 0 spiro atoms. The Kier molecular flexibility index (Phi) is 7.69. The predicted molar refractivity (Wildman–Crippen MR) is 112 cm³/mol. The van der Waals surface area contributed by atoms with Crippen molar-refractivity contribution in [2.24, 2.45) is 0 Å². The second kappa shape index (κ2) is 10.5. The standard InChI is InChI=1S/C22H22F4N4O4/c1-13-18(20(31)29-15(21(32)33-2)7-3-9-22(24,25)26)30-11-5-8-17(19(30)28-13)34-12-16-14(23)6-4-10-27-16/h4-6,8,10-11,15H,3,7,9,12H2,1-2H3,(H,29,31). The number of halogens is 4. The molecule has 1 atom stereocenters. The fourth-order valence-electron chi connectivity index (χ4n) is 3.34. The van der Waals surface area contributed by atoms with Crippen LogP contribution in [0.25, 0.3) is 5.65 Å². The fraction of sp³-hybridized carbons (Fsp3) is 0.364. The molecule has 3 rings (SSSR count). The second-order valence-corrected chi connectivity index (χ2v) is 7.39. The van der Waals surface area contributed by atoms with Crippen molar-refractivity contribution in [3.8, 4) is 5.75 Å². The maximum atomic E-state index is 13.8. The number of hydrogen-bond acceptors (Lipinski definition) is 6. The van der Waals surface area contributed by atoms with Gasteiger partial charge in [0.05, 0.1) is 12.8 Å². The quantitative estimate of drug-likeness (QED) is 0.369. The number of carbonyl (C=O) groups is 2. The van der Waals surface area contributed by atoms with Crippen LogP contribution in [0.2, 0.25) is 0 Å². The van der Waals surface area contributed by atoms with Gasteiger partial charge in [-0.05, 0) is 44.0 Å². The van der Waals surface area contributed by atoms with Crippen LogP contribution in [0.5, 0.6) is 5.75 Å². The highest BCUT2D eigenvalue weighted by molar-refractivity contribution is 5.97. The number of methoxy groups -OCH3 is 1. The smallest absolute Gasteiger partial charge is 0.389 e. The van der Waals surface area contributed by atoms with Crippen LogP contribution < -0.4 is 10.1 Å². The molecule has 0 saturated carbocycles. The van der Waals surface area contributed by atoms with E-state index >= 15 is 0 Å². The van der Waals surface area contributed by atoms with Crippen molar-refractivity contribution in [1.82, 2.24) is 19.7 Å². The molecule has 0 aromatic carbocycles. The van der Waals surface area contributed by atoms with E-state index in [1.165, 1.54) is 28.9 Å². The molecule has 3 aromatic heterocycles. The second-order valence-electron chi connectivity index (χ2n) is 7.39. The van der Waals surface area contributed by atoms with Crippen LogP contribution in [0.1, 0.15) is 41.1 Å². The molecule has 0 fully saturated rings. The van der Waals surface area contributed by atoms with E-state index in [1.54, 1.807) is 19.1 Å². The topological polar surface area (TPSA) is 94.8 Å². The van der Waals surface area contributed by atoms with Gasteiger partial charge in [0.15, 0.2) is 11.4 Å². The summed E-state index contributed by atoms with van der Waals surface area (Å²) >= 11 is 0. The Labute approximate surface area is 191 Å². The third-order valence-corrected chi connectivity index (χ3v) is 4.95. The van der Waals surface area contributed by atoms with Crippen molar-refractivity contribution in [2.75, 3.05) is 7.11 Å². The SMILES string of the molecule is COC(=O)C(CCCC(F)(F)F)NC(=O)c1c(C)nc2c(OCc3ncccc3F)cccn12. The van der Waals surface area contributed by atoms with Crippen molar-refractivity contribution >= 4 is 17.5 Å². The Morgan fingerprint density at radius 1 is 1.24 bits per heavy atom. The Morgan fingerprint density at radius 2 is 2.00 bits per heavy atom. The maximum absolute atomic E-state index is 13.8. The van der Waals surface area contributed by atoms with Gasteiger partial charge in [-0.15, -0.1) is 0 Å². The van der Waals surface area contributed by atoms with E-state index < -0.39 is 36.3 Å². The minimum atomic E-state index is -4.38. The summed E-state index contributed by atoms with van der Waals surface area (Å²) in [5.41, 5.74) is 0.698. The minimum absolute atomic E-state index is 0.0641. The summed E-state index contributed by atoms with van der Waals surface area (Å²) in [4.78, 5) is 33.2. The third-order valence-electron chi connectivity index (χ3n) is 4.95. The zero-order valence-corrected chi connectivity index (χ0v) is 18.4. The van der Waals surface area contributed by atoms with Crippen molar-refractivity contribution in [3.63, 3.8) is 0 Å². The molecule has 3 aromatic rings. The average Bonchev–Trinajstić information content (AvgIpc) is 3.13. The molecule has 1 unspecified atom stereocenters. The number of aromatic nitrogens is 3. The lowest BCUT2D eigenvalue weighted by Gasteiger charge is -2.17. The van der Waals surface area contributed by atoms with Crippen LogP contribution in [0.4, 0.5) is 17.6 Å². The normalized spacial score (nSPS) is 12.4. The number of amides is 1. The lowest BCUT2D eigenvalue weighted by molar-refractivity contribution is -0.145. The number of fused-ring (bicyclic) bond motifs is 1. The first-order chi connectivity index (χ1) is 16.1. The fourth-order valence-corrected chi connectivity index (χ4v) is 3.34. The van der Waals surface area contributed by atoms with E-state index in [9.17, 15) is 27.2 Å². The highest BCUT2D eigenvalue weighted by Crippen LogP contribution is 2.25. The van der Waals surface area contributed by atoms with Gasteiger partial charge in [-0.25, -0.2) is 14.2 Å². The number of alkyl halides is 3. The first-order valence-electron chi connectivity index (χ1n) is 10.3. The Hall–Kier alpha value is -3.70. The van der Waals surface area contributed by atoms with Gasteiger partial charge in [0.25, 0.3) is 5.91 Å². The molecular formula is C22H22F4N4O4. The van der Waals surface area contributed by atoms with Gasteiger partial charge in [0.1, 0.15) is 29.9 Å². The first kappa shape index (κ1) is 24.9. The van der Waals surface area contributed by atoms with Crippen molar-refractivity contribution in [3.05, 3.63) is 59.6 Å². The summed E-state index contributed by atoms with van der Waals surface area (Å²) in [6, 6.07) is 4.60. The highest BCUT2D eigenvalue weighted by Gasteiger charge is 2.30. The molecule has 182 valence electrons. The molecule has 0 bridgehead atoms. The number of nitrogens with zero attached hydrogens (tertiary/aromatic N) is 3. The summed E-state index contributed by atoms with van der Waals surface area (Å²) in [7, 11) is 1.08. The van der Waals surface area contributed by atoms with Crippen LogP contribution in [0.15, 0.2) is 36.7 Å². The lowest BCUT2D eigenvalue weighted by atomic mass is 10.1. The summed E-state index contributed by atoms with van der Waals surface area (Å²) in [5.74, 6) is -1.86. The molecule has 1 amide bonds. The number of aryl methyl sites for hydroxylation is 1. The van der Waals surface area contributed by atoms with Gasteiger partial charge in [-0.3, -0.25) is 14.2 Å². The molecule has 0 aliphatic carbocycles. The maximum Gasteiger partial charge on any atom is 0.389 e. The summed E-state index contributed by atoms with van der Waals surface area (Å²) in [6.45, 7) is 1.38. The van der Waals surface area contributed by atoms with Crippen molar-refractivity contribution in [2.45, 2.75) is 45.0 Å². The monoisotopic (exact) mass is 482 g/mol. The van der Waals surface area contributed by atoms with Gasteiger partial charge in [0, 0.05) is 18.8 Å². The Balaban J connectivity index is 1.80. The number of carbonyl (C=O) groups excluding carboxylic acids is 2. The predicted octanol–water partition coefficient (Wildman–Crippen LogP) is 3.76. The molecule has 8 nitrogen and oxygen atoms in total. The summed E-state index contributed by atoms with van der Waals surface area (Å²) in [5, 5.41) is 2.43. The van der Waals surface area contributed by atoms with Crippen molar-refractivity contribution < 1.29 is 36.6 Å². The van der Waals surface area contributed by atoms with Crippen LogP contribution >= 0.6 is 0 Å². The molecule has 0 saturated heterocycles. The van der Waals surface area contributed by atoms with Crippen molar-refractivity contribution in [1.29, 1.82) is 0 Å². The molecule has 0 radical (unpaired) electrons. The lowest BCUT2D eigenvalue weighted by Crippen LogP contribution is -2.42. The van der Waals surface area contributed by atoms with E-state index in [4.69, 9.17) is 4.74 Å². The zero-order valence-electron chi connectivity index (χ0n) is 18.4. The third kappa shape index (κ3) is 6.00.